The van der Waals surface area contributed by atoms with Crippen LogP contribution < -0.4 is 16.2 Å². The van der Waals surface area contributed by atoms with E-state index in [1.165, 1.54) is 24.5 Å². The minimum absolute atomic E-state index is 0.262. The molecule has 0 unspecified atom stereocenters. The normalized spacial score (nSPS) is 29.6. The number of hydrogen-bond acceptors (Lipinski definition) is 8. The molecule has 11 heteroatoms. The van der Waals surface area contributed by atoms with Crippen LogP contribution in [0.5, 0.6) is 0 Å². The van der Waals surface area contributed by atoms with Gasteiger partial charge in [0.2, 0.25) is 0 Å². The molecule has 3 amide bonds. The Morgan fingerprint density at radius 3 is 2.38 bits per heavy atom. The van der Waals surface area contributed by atoms with E-state index in [9.17, 15) is 24.9 Å². The molecule has 0 spiro atoms. The van der Waals surface area contributed by atoms with Crippen molar-refractivity contribution in [3.05, 3.63) is 30.1 Å². The second kappa shape index (κ2) is 7.99. The zero-order chi connectivity index (χ0) is 17.7. The highest BCUT2D eigenvalue weighted by atomic mass is 16.6. The number of aliphatic hydroxyl groups excluding tert-OH is 4. The Balaban J connectivity index is 1.86. The van der Waals surface area contributed by atoms with Crippen molar-refractivity contribution in [2.45, 2.75) is 30.6 Å². The molecular formula is C13H18N4O7. The Bertz CT molecular complexity index is 571. The van der Waals surface area contributed by atoms with Crippen LogP contribution in [0.1, 0.15) is 10.4 Å². The molecule has 132 valence electrons. The van der Waals surface area contributed by atoms with E-state index < -0.39 is 49.2 Å². The van der Waals surface area contributed by atoms with Crippen LogP contribution in [-0.2, 0) is 4.74 Å². The molecule has 24 heavy (non-hydrogen) atoms. The van der Waals surface area contributed by atoms with Crippen LogP contribution in [0.25, 0.3) is 0 Å². The lowest BCUT2D eigenvalue weighted by Gasteiger charge is -2.39. The number of aliphatic hydroxyl groups is 4. The Morgan fingerprint density at radius 1 is 1.08 bits per heavy atom. The Morgan fingerprint density at radius 2 is 1.75 bits per heavy atom. The molecule has 1 fully saturated rings. The number of nitrogens with zero attached hydrogens (tertiary/aromatic N) is 1. The molecule has 1 aromatic heterocycles. The summed E-state index contributed by atoms with van der Waals surface area (Å²) in [6, 6.07) is 1.95. The number of amides is 3. The van der Waals surface area contributed by atoms with Gasteiger partial charge in [0.25, 0.3) is 5.91 Å². The van der Waals surface area contributed by atoms with Crippen molar-refractivity contribution < 1.29 is 34.8 Å². The second-order valence-corrected chi connectivity index (χ2v) is 5.04. The molecule has 2 heterocycles. The van der Waals surface area contributed by atoms with Gasteiger partial charge in [0.15, 0.2) is 6.23 Å². The third kappa shape index (κ3) is 4.15. The smallest absolute Gasteiger partial charge is 0.335 e. The van der Waals surface area contributed by atoms with Crippen molar-refractivity contribution in [2.24, 2.45) is 0 Å². The minimum atomic E-state index is -1.62. The van der Waals surface area contributed by atoms with Crippen LogP contribution in [0.2, 0.25) is 0 Å². The number of nitrogens with one attached hydrogen (secondary N) is 3. The van der Waals surface area contributed by atoms with Gasteiger partial charge >= 0.3 is 6.03 Å². The van der Waals surface area contributed by atoms with Crippen LogP contribution in [0, 0.1) is 0 Å². The summed E-state index contributed by atoms with van der Waals surface area (Å²) < 4.78 is 5.09. The van der Waals surface area contributed by atoms with Gasteiger partial charge in [-0.2, -0.15) is 0 Å². The lowest BCUT2D eigenvalue weighted by molar-refractivity contribution is -0.233. The first kappa shape index (κ1) is 18.0. The fourth-order valence-corrected chi connectivity index (χ4v) is 2.08. The van der Waals surface area contributed by atoms with Crippen molar-refractivity contribution in [3.8, 4) is 0 Å². The van der Waals surface area contributed by atoms with Crippen molar-refractivity contribution in [2.75, 3.05) is 6.61 Å². The predicted octanol–water partition coefficient (Wildman–Crippen LogP) is -3.17. The van der Waals surface area contributed by atoms with Crippen molar-refractivity contribution >= 4 is 11.9 Å². The molecule has 11 nitrogen and oxygen atoms in total. The minimum Gasteiger partial charge on any atom is -0.394 e. The molecule has 0 radical (unpaired) electrons. The molecule has 0 bridgehead atoms. The van der Waals surface area contributed by atoms with E-state index in [1.54, 1.807) is 0 Å². The van der Waals surface area contributed by atoms with Gasteiger partial charge in [0, 0.05) is 18.0 Å². The molecule has 1 saturated heterocycles. The summed E-state index contributed by atoms with van der Waals surface area (Å²) >= 11 is 0. The first-order valence-electron chi connectivity index (χ1n) is 7.01. The van der Waals surface area contributed by atoms with Crippen molar-refractivity contribution in [3.63, 3.8) is 0 Å². The zero-order valence-electron chi connectivity index (χ0n) is 12.4. The highest BCUT2D eigenvalue weighted by Crippen LogP contribution is 2.19. The number of carbonyl (C=O) groups excluding carboxylic acids is 2. The van der Waals surface area contributed by atoms with Crippen molar-refractivity contribution in [1.29, 1.82) is 0 Å². The number of rotatable bonds is 3. The first-order valence-corrected chi connectivity index (χ1v) is 7.01. The van der Waals surface area contributed by atoms with Gasteiger partial charge in [-0.15, -0.1) is 0 Å². The number of pyridine rings is 1. The number of hydrazine groups is 1. The molecule has 7 N–H and O–H groups in total. The van der Waals surface area contributed by atoms with Crippen LogP contribution in [0.4, 0.5) is 4.79 Å². The highest BCUT2D eigenvalue weighted by Gasteiger charge is 2.44. The van der Waals surface area contributed by atoms with Crippen LogP contribution in [0.15, 0.2) is 24.5 Å². The maximum Gasteiger partial charge on any atom is 0.335 e. The van der Waals surface area contributed by atoms with Gasteiger partial charge in [0.05, 0.1) is 6.61 Å². The summed E-state index contributed by atoms with van der Waals surface area (Å²) in [5.74, 6) is -0.596. The second-order valence-electron chi connectivity index (χ2n) is 5.04. The monoisotopic (exact) mass is 342 g/mol. The van der Waals surface area contributed by atoms with Gasteiger partial charge < -0.3 is 30.5 Å². The largest absolute Gasteiger partial charge is 0.394 e. The summed E-state index contributed by atoms with van der Waals surface area (Å²) in [6.07, 6.45) is -4.50. The molecule has 2 rings (SSSR count). The highest BCUT2D eigenvalue weighted by molar-refractivity contribution is 5.95. The van der Waals surface area contributed by atoms with E-state index in [0.29, 0.717) is 0 Å². The van der Waals surface area contributed by atoms with Crippen molar-refractivity contribution in [1.82, 2.24) is 21.2 Å². The number of hydrogen-bond donors (Lipinski definition) is 7. The average Bonchev–Trinajstić information content (AvgIpc) is 2.60. The lowest BCUT2D eigenvalue weighted by Crippen LogP contribution is -2.64. The SMILES string of the molecule is O=C(NNC(=O)c1ccncc1)N[C@H]1O[C@H](CO)[C@H](O)[C@H](O)[C@H]1O. The number of carbonyl (C=O) groups is 2. The first-order chi connectivity index (χ1) is 11.4. The molecule has 5 atom stereocenters. The predicted molar refractivity (Wildman–Crippen MR) is 77.1 cm³/mol. The number of urea groups is 1. The topological polar surface area (TPSA) is 173 Å². The van der Waals surface area contributed by atoms with E-state index in [-0.39, 0.29) is 5.56 Å². The third-order valence-electron chi connectivity index (χ3n) is 3.40. The third-order valence-corrected chi connectivity index (χ3v) is 3.40. The maximum absolute atomic E-state index is 11.7. The van der Waals surface area contributed by atoms with E-state index in [0.717, 1.165) is 0 Å². The number of aromatic nitrogens is 1. The molecule has 1 aromatic rings. The summed E-state index contributed by atoms with van der Waals surface area (Å²) in [4.78, 5) is 27.2. The Kier molecular flexibility index (Phi) is 6.00. The Hall–Kier alpha value is -2.31. The van der Waals surface area contributed by atoms with Gasteiger partial charge in [0.1, 0.15) is 24.4 Å². The standard InChI is InChI=1S/C13H18N4O7/c18-5-7-8(19)9(20)10(21)12(24-7)15-13(23)17-16-11(22)6-1-3-14-4-2-6/h1-4,7-10,12,18-21H,5H2,(H,16,22)(H2,15,17,23)/t7-,8+,9+,10-,12+/m1/s1. The average molecular weight is 342 g/mol. The maximum atomic E-state index is 11.7. The van der Waals surface area contributed by atoms with Gasteiger partial charge in [-0.3, -0.25) is 15.2 Å². The molecule has 0 saturated carbocycles. The fraction of sp³-hybridized carbons (Fsp3) is 0.462. The molecular weight excluding hydrogens is 324 g/mol. The summed E-state index contributed by atoms with van der Waals surface area (Å²) in [6.45, 7) is -0.622. The molecule has 0 aromatic carbocycles. The summed E-state index contributed by atoms with van der Waals surface area (Å²) in [5.41, 5.74) is 4.42. The molecule has 0 aliphatic carbocycles. The zero-order valence-corrected chi connectivity index (χ0v) is 12.4. The summed E-state index contributed by atoms with van der Waals surface area (Å²) in [7, 11) is 0. The van der Waals surface area contributed by atoms with E-state index in [4.69, 9.17) is 9.84 Å². The van der Waals surface area contributed by atoms with E-state index >= 15 is 0 Å². The van der Waals surface area contributed by atoms with E-state index in [1.807, 2.05) is 5.43 Å². The molecule has 1 aliphatic heterocycles. The van der Waals surface area contributed by atoms with Gasteiger partial charge in [-0.1, -0.05) is 0 Å². The van der Waals surface area contributed by atoms with Crippen LogP contribution in [0.3, 0.4) is 0 Å². The lowest BCUT2D eigenvalue weighted by atomic mass is 9.98. The molecule has 1 aliphatic rings. The van der Waals surface area contributed by atoms with Gasteiger partial charge in [-0.25, -0.2) is 10.2 Å². The number of ether oxygens (including phenoxy) is 1. The van der Waals surface area contributed by atoms with Crippen LogP contribution in [-0.4, -0.2) is 74.6 Å². The fourth-order valence-electron chi connectivity index (χ4n) is 2.08. The quantitative estimate of drug-likeness (QED) is 0.282. The Labute approximate surface area is 136 Å². The summed E-state index contributed by atoms with van der Waals surface area (Å²) in [5, 5.41) is 40.2. The van der Waals surface area contributed by atoms with Gasteiger partial charge in [-0.05, 0) is 12.1 Å². The van der Waals surface area contributed by atoms with Crippen LogP contribution >= 0.6 is 0 Å². The van der Waals surface area contributed by atoms with E-state index in [2.05, 4.69) is 15.7 Å².